The molecule has 0 saturated heterocycles. The van der Waals surface area contributed by atoms with Gasteiger partial charge in [-0.25, -0.2) is 0 Å². The highest BCUT2D eigenvalue weighted by atomic mass is 32.2. The van der Waals surface area contributed by atoms with Crippen molar-refractivity contribution in [3.63, 3.8) is 0 Å². The standard InChI is InChI=1S/C17H26N2OS/c1-4-18-16-9-8-13(10-12(16)2)17(20)19-14-6-5-7-15(11-14)21-3/h8-10,14-15,18H,4-7,11H2,1-3H3,(H,19,20). The second kappa shape index (κ2) is 7.74. The molecule has 1 aliphatic rings. The number of thioether (sulfide) groups is 1. The first-order valence-corrected chi connectivity index (χ1v) is 9.11. The largest absolute Gasteiger partial charge is 0.385 e. The van der Waals surface area contributed by atoms with Crippen LogP contribution in [-0.4, -0.2) is 30.0 Å². The fourth-order valence-corrected chi connectivity index (χ4v) is 3.78. The zero-order valence-corrected chi connectivity index (χ0v) is 14.1. The molecule has 4 heteroatoms. The first-order valence-electron chi connectivity index (χ1n) is 7.82. The van der Waals surface area contributed by atoms with Crippen LogP contribution in [0.5, 0.6) is 0 Å². The van der Waals surface area contributed by atoms with Crippen molar-refractivity contribution >= 4 is 23.4 Å². The highest BCUT2D eigenvalue weighted by molar-refractivity contribution is 7.99. The van der Waals surface area contributed by atoms with Gasteiger partial charge in [-0.15, -0.1) is 0 Å². The molecule has 0 spiro atoms. The third-order valence-corrected chi connectivity index (χ3v) is 5.25. The Bertz CT molecular complexity index is 490. The van der Waals surface area contributed by atoms with E-state index in [1.807, 2.05) is 36.9 Å². The molecule has 1 amide bonds. The SMILES string of the molecule is CCNc1ccc(C(=O)NC2CCCC(SC)C2)cc1C. The van der Waals surface area contributed by atoms with E-state index in [4.69, 9.17) is 0 Å². The summed E-state index contributed by atoms with van der Waals surface area (Å²) in [6, 6.07) is 6.22. The number of nitrogens with one attached hydrogen (secondary N) is 2. The van der Waals surface area contributed by atoms with Gasteiger partial charge in [0.25, 0.3) is 5.91 Å². The zero-order chi connectivity index (χ0) is 15.2. The first kappa shape index (κ1) is 16.2. The fraction of sp³-hybridized carbons (Fsp3) is 0.588. The highest BCUT2D eigenvalue weighted by Crippen LogP contribution is 2.27. The van der Waals surface area contributed by atoms with Crippen LogP contribution >= 0.6 is 11.8 Å². The van der Waals surface area contributed by atoms with E-state index in [0.717, 1.165) is 36.2 Å². The zero-order valence-electron chi connectivity index (χ0n) is 13.2. The number of rotatable bonds is 5. The van der Waals surface area contributed by atoms with Gasteiger partial charge in [0.15, 0.2) is 0 Å². The maximum atomic E-state index is 12.4. The van der Waals surface area contributed by atoms with E-state index in [-0.39, 0.29) is 5.91 Å². The van der Waals surface area contributed by atoms with Crippen LogP contribution in [0.1, 0.15) is 48.5 Å². The Morgan fingerprint density at radius 1 is 1.38 bits per heavy atom. The molecular formula is C17H26N2OS. The number of carbonyl (C=O) groups is 1. The lowest BCUT2D eigenvalue weighted by atomic mass is 9.94. The van der Waals surface area contributed by atoms with Gasteiger partial charge in [-0.3, -0.25) is 4.79 Å². The Kier molecular flexibility index (Phi) is 5.97. The minimum atomic E-state index is 0.0629. The van der Waals surface area contributed by atoms with Crippen LogP contribution in [0.3, 0.4) is 0 Å². The molecule has 0 heterocycles. The quantitative estimate of drug-likeness (QED) is 0.868. The van der Waals surface area contributed by atoms with E-state index in [2.05, 4.69) is 23.8 Å². The van der Waals surface area contributed by atoms with Crippen LogP contribution in [0.4, 0.5) is 5.69 Å². The summed E-state index contributed by atoms with van der Waals surface area (Å²) in [4.78, 5) is 12.4. The van der Waals surface area contributed by atoms with Crippen molar-refractivity contribution < 1.29 is 4.79 Å². The molecule has 3 nitrogen and oxygen atoms in total. The lowest BCUT2D eigenvalue weighted by Gasteiger charge is -2.28. The van der Waals surface area contributed by atoms with Crippen LogP contribution in [0.15, 0.2) is 18.2 Å². The van der Waals surface area contributed by atoms with E-state index in [1.54, 1.807) is 0 Å². The van der Waals surface area contributed by atoms with Crippen LogP contribution < -0.4 is 10.6 Å². The number of carbonyl (C=O) groups excluding carboxylic acids is 1. The normalized spacial score (nSPS) is 21.9. The lowest BCUT2D eigenvalue weighted by Crippen LogP contribution is -2.39. The molecule has 1 fully saturated rings. The van der Waals surface area contributed by atoms with Crippen molar-refractivity contribution in [1.82, 2.24) is 5.32 Å². The molecule has 0 radical (unpaired) electrons. The van der Waals surface area contributed by atoms with E-state index in [1.165, 1.54) is 12.8 Å². The minimum Gasteiger partial charge on any atom is -0.385 e. The second-order valence-corrected chi connectivity index (χ2v) is 6.89. The van der Waals surface area contributed by atoms with Crippen molar-refractivity contribution in [3.05, 3.63) is 29.3 Å². The lowest BCUT2D eigenvalue weighted by molar-refractivity contribution is 0.0928. The van der Waals surface area contributed by atoms with Crippen molar-refractivity contribution in [2.24, 2.45) is 0 Å². The summed E-state index contributed by atoms with van der Waals surface area (Å²) in [7, 11) is 0. The van der Waals surface area contributed by atoms with Crippen molar-refractivity contribution in [1.29, 1.82) is 0 Å². The average Bonchev–Trinajstić information content (AvgIpc) is 2.49. The van der Waals surface area contributed by atoms with Crippen LogP contribution in [-0.2, 0) is 0 Å². The van der Waals surface area contributed by atoms with Gasteiger partial charge in [0.2, 0.25) is 0 Å². The Morgan fingerprint density at radius 2 is 2.19 bits per heavy atom. The smallest absolute Gasteiger partial charge is 0.251 e. The summed E-state index contributed by atoms with van der Waals surface area (Å²) in [5, 5.41) is 7.20. The Morgan fingerprint density at radius 3 is 2.86 bits per heavy atom. The van der Waals surface area contributed by atoms with Gasteiger partial charge in [-0.1, -0.05) is 6.42 Å². The van der Waals surface area contributed by atoms with Gasteiger partial charge >= 0.3 is 0 Å². The molecule has 2 atom stereocenters. The molecular weight excluding hydrogens is 280 g/mol. The molecule has 2 rings (SSSR count). The van der Waals surface area contributed by atoms with Crippen molar-refractivity contribution in [2.75, 3.05) is 18.1 Å². The Hall–Kier alpha value is -1.16. The van der Waals surface area contributed by atoms with Gasteiger partial charge in [0, 0.05) is 29.1 Å². The van der Waals surface area contributed by atoms with Crippen LogP contribution in [0.25, 0.3) is 0 Å². The predicted octanol–water partition coefficient (Wildman–Crippen LogP) is 3.83. The molecule has 1 saturated carbocycles. The average molecular weight is 306 g/mol. The molecule has 116 valence electrons. The molecule has 0 bridgehead atoms. The molecule has 21 heavy (non-hydrogen) atoms. The van der Waals surface area contributed by atoms with E-state index in [9.17, 15) is 4.79 Å². The number of hydrogen-bond donors (Lipinski definition) is 2. The van der Waals surface area contributed by atoms with Crippen LogP contribution in [0.2, 0.25) is 0 Å². The summed E-state index contributed by atoms with van der Waals surface area (Å²) >= 11 is 1.92. The van der Waals surface area contributed by atoms with Crippen LogP contribution in [0, 0.1) is 6.92 Å². The molecule has 0 aromatic heterocycles. The van der Waals surface area contributed by atoms with E-state index in [0.29, 0.717) is 11.3 Å². The molecule has 2 unspecified atom stereocenters. The number of benzene rings is 1. The number of aryl methyl sites for hydroxylation is 1. The second-order valence-electron chi connectivity index (χ2n) is 5.75. The topological polar surface area (TPSA) is 41.1 Å². The van der Waals surface area contributed by atoms with Crippen molar-refractivity contribution in [2.45, 2.75) is 50.8 Å². The number of hydrogen-bond acceptors (Lipinski definition) is 3. The number of anilines is 1. The summed E-state index contributed by atoms with van der Waals surface area (Å²) in [5.41, 5.74) is 2.99. The highest BCUT2D eigenvalue weighted by Gasteiger charge is 2.23. The first-order chi connectivity index (χ1) is 10.1. The van der Waals surface area contributed by atoms with Gasteiger partial charge in [-0.05, 0) is 63.1 Å². The molecule has 1 aliphatic carbocycles. The maximum absolute atomic E-state index is 12.4. The Balaban J connectivity index is 1.98. The van der Waals surface area contributed by atoms with E-state index < -0.39 is 0 Å². The van der Waals surface area contributed by atoms with Crippen molar-refractivity contribution in [3.8, 4) is 0 Å². The monoisotopic (exact) mass is 306 g/mol. The molecule has 1 aromatic rings. The predicted molar refractivity (Wildman–Crippen MR) is 92.4 cm³/mol. The van der Waals surface area contributed by atoms with E-state index >= 15 is 0 Å². The Labute approximate surface area is 132 Å². The summed E-state index contributed by atoms with van der Waals surface area (Å²) in [6.07, 6.45) is 6.87. The molecule has 2 N–H and O–H groups in total. The van der Waals surface area contributed by atoms with Gasteiger partial charge in [0.05, 0.1) is 0 Å². The third kappa shape index (κ3) is 4.40. The third-order valence-electron chi connectivity index (χ3n) is 4.15. The number of amides is 1. The molecule has 0 aliphatic heterocycles. The maximum Gasteiger partial charge on any atom is 0.251 e. The minimum absolute atomic E-state index is 0.0629. The summed E-state index contributed by atoms with van der Waals surface area (Å²) in [6.45, 7) is 5.01. The molecule has 1 aromatic carbocycles. The van der Waals surface area contributed by atoms with Gasteiger partial charge < -0.3 is 10.6 Å². The van der Waals surface area contributed by atoms with Gasteiger partial charge in [-0.2, -0.15) is 11.8 Å². The summed E-state index contributed by atoms with van der Waals surface area (Å²) in [5.74, 6) is 0.0629. The van der Waals surface area contributed by atoms with Gasteiger partial charge in [0.1, 0.15) is 0 Å². The fourth-order valence-electron chi connectivity index (χ4n) is 2.95. The summed E-state index contributed by atoms with van der Waals surface area (Å²) < 4.78 is 0.